The Hall–Kier alpha value is -2.69. The van der Waals surface area contributed by atoms with Crippen LogP contribution >= 0.6 is 0 Å². The van der Waals surface area contributed by atoms with Crippen molar-refractivity contribution in [2.24, 2.45) is 0 Å². The van der Waals surface area contributed by atoms with Crippen LogP contribution in [-0.2, 0) is 14.3 Å². The maximum absolute atomic E-state index is 13.7. The van der Waals surface area contributed by atoms with Gasteiger partial charge in [-0.15, -0.1) is 0 Å². The van der Waals surface area contributed by atoms with Gasteiger partial charge in [0.25, 0.3) is 5.91 Å². The highest BCUT2D eigenvalue weighted by Crippen LogP contribution is 2.26. The number of nitrogens with one attached hydrogen (secondary N) is 1. The summed E-state index contributed by atoms with van der Waals surface area (Å²) in [6, 6.07) is 6.33. The predicted octanol–water partition coefficient (Wildman–Crippen LogP) is -0.109. The van der Waals surface area contributed by atoms with E-state index in [-0.39, 0.29) is 23.8 Å². The van der Waals surface area contributed by atoms with Gasteiger partial charge in [-0.2, -0.15) is 0 Å². The Morgan fingerprint density at radius 1 is 1.09 bits per heavy atom. The fraction of sp³-hybridized carbons (Fsp3) is 0.640. The molecule has 3 aliphatic rings. The average Bonchev–Trinajstić information content (AvgIpc) is 3.35. The highest BCUT2D eigenvalue weighted by atomic mass is 16.5. The summed E-state index contributed by atoms with van der Waals surface area (Å²) in [6.07, 6.45) is 0.452. The van der Waals surface area contributed by atoms with Gasteiger partial charge in [0.15, 0.2) is 0 Å². The zero-order valence-corrected chi connectivity index (χ0v) is 20.8. The molecule has 10 nitrogen and oxygen atoms in total. The van der Waals surface area contributed by atoms with E-state index in [9.17, 15) is 14.4 Å². The smallest absolute Gasteiger partial charge is 0.254 e. The van der Waals surface area contributed by atoms with Crippen molar-refractivity contribution in [3.8, 4) is 5.75 Å². The molecule has 3 aliphatic heterocycles. The fourth-order valence-electron chi connectivity index (χ4n) is 5.14. The standard InChI is InChI=1S/C25H37N5O5/c1-19(31)30-18-21(17-23(30)25(33)28-9-7-26-8-10-28)29(12-11-27-13-15-35-16-14-27)24(32)20-3-5-22(34-2)6-4-20/h3-6,21,23,26H,7-18H2,1-2H3. The molecule has 0 aromatic heterocycles. The fourth-order valence-corrected chi connectivity index (χ4v) is 5.14. The number of piperazine rings is 1. The monoisotopic (exact) mass is 487 g/mol. The number of likely N-dealkylation sites (tertiary alicyclic amines) is 1. The van der Waals surface area contributed by atoms with Gasteiger partial charge in [-0.25, -0.2) is 0 Å². The van der Waals surface area contributed by atoms with Crippen LogP contribution in [0.25, 0.3) is 0 Å². The molecule has 192 valence electrons. The summed E-state index contributed by atoms with van der Waals surface area (Å²) in [5.74, 6) is 0.441. The van der Waals surface area contributed by atoms with Crippen LogP contribution in [0.15, 0.2) is 24.3 Å². The Bertz CT molecular complexity index is 883. The van der Waals surface area contributed by atoms with Crippen LogP contribution < -0.4 is 10.1 Å². The Morgan fingerprint density at radius 2 is 1.77 bits per heavy atom. The van der Waals surface area contributed by atoms with Crippen LogP contribution in [0.5, 0.6) is 5.75 Å². The van der Waals surface area contributed by atoms with Crippen molar-refractivity contribution >= 4 is 17.7 Å². The minimum Gasteiger partial charge on any atom is -0.497 e. The molecule has 3 fully saturated rings. The van der Waals surface area contributed by atoms with Gasteiger partial charge in [0.2, 0.25) is 11.8 Å². The van der Waals surface area contributed by atoms with E-state index >= 15 is 0 Å². The quantitative estimate of drug-likeness (QED) is 0.574. The lowest BCUT2D eigenvalue weighted by atomic mass is 10.1. The third-order valence-electron chi connectivity index (χ3n) is 7.20. The van der Waals surface area contributed by atoms with E-state index in [2.05, 4.69) is 10.2 Å². The van der Waals surface area contributed by atoms with E-state index in [0.29, 0.717) is 57.1 Å². The molecule has 2 atom stereocenters. The second kappa shape index (κ2) is 11.8. The lowest BCUT2D eigenvalue weighted by Crippen LogP contribution is -2.53. The number of carbonyl (C=O) groups excluding carboxylic acids is 3. The maximum atomic E-state index is 13.7. The van der Waals surface area contributed by atoms with E-state index in [1.54, 1.807) is 36.3 Å². The summed E-state index contributed by atoms with van der Waals surface area (Å²) in [5.41, 5.74) is 0.569. The van der Waals surface area contributed by atoms with Crippen molar-refractivity contribution in [2.45, 2.75) is 25.4 Å². The minimum atomic E-state index is -0.537. The molecule has 2 unspecified atom stereocenters. The molecule has 35 heavy (non-hydrogen) atoms. The van der Waals surface area contributed by atoms with E-state index in [0.717, 1.165) is 32.7 Å². The maximum Gasteiger partial charge on any atom is 0.254 e. The molecule has 1 aromatic carbocycles. The molecule has 3 saturated heterocycles. The normalized spacial score (nSPS) is 23.3. The van der Waals surface area contributed by atoms with Crippen molar-refractivity contribution < 1.29 is 23.9 Å². The lowest BCUT2D eigenvalue weighted by molar-refractivity contribution is -0.143. The first-order valence-electron chi connectivity index (χ1n) is 12.5. The third-order valence-corrected chi connectivity index (χ3v) is 7.20. The largest absolute Gasteiger partial charge is 0.497 e. The van der Waals surface area contributed by atoms with Crippen LogP contribution in [0.2, 0.25) is 0 Å². The Balaban J connectivity index is 1.53. The molecule has 1 N–H and O–H groups in total. The van der Waals surface area contributed by atoms with Gasteiger partial charge in [0, 0.05) is 71.4 Å². The van der Waals surface area contributed by atoms with E-state index in [1.165, 1.54) is 6.92 Å². The molecule has 3 heterocycles. The number of hydrogen-bond donors (Lipinski definition) is 1. The topological polar surface area (TPSA) is 94.7 Å². The van der Waals surface area contributed by atoms with Crippen LogP contribution in [0, 0.1) is 0 Å². The second-order valence-electron chi connectivity index (χ2n) is 9.33. The molecule has 0 radical (unpaired) electrons. The van der Waals surface area contributed by atoms with E-state index in [1.807, 2.05) is 9.80 Å². The van der Waals surface area contributed by atoms with Crippen LogP contribution in [0.1, 0.15) is 23.7 Å². The van der Waals surface area contributed by atoms with Crippen LogP contribution in [-0.4, -0.2) is 129 Å². The number of rotatable bonds is 7. The minimum absolute atomic E-state index is 0.0192. The van der Waals surface area contributed by atoms with Gasteiger partial charge in [0.1, 0.15) is 11.8 Å². The zero-order valence-electron chi connectivity index (χ0n) is 20.8. The first kappa shape index (κ1) is 25.4. The predicted molar refractivity (Wildman–Crippen MR) is 130 cm³/mol. The number of nitrogens with zero attached hydrogens (tertiary/aromatic N) is 4. The third kappa shape index (κ3) is 6.12. The molecule has 0 saturated carbocycles. The average molecular weight is 488 g/mol. The highest BCUT2D eigenvalue weighted by Gasteiger charge is 2.43. The molecule has 0 spiro atoms. The van der Waals surface area contributed by atoms with Crippen molar-refractivity contribution in [1.29, 1.82) is 0 Å². The zero-order chi connectivity index (χ0) is 24.8. The molecule has 10 heteroatoms. The van der Waals surface area contributed by atoms with Gasteiger partial charge < -0.3 is 29.5 Å². The van der Waals surface area contributed by atoms with Crippen molar-refractivity contribution in [2.75, 3.05) is 79.2 Å². The second-order valence-corrected chi connectivity index (χ2v) is 9.33. The Kier molecular flexibility index (Phi) is 8.59. The molecule has 3 amide bonds. The molecular formula is C25H37N5O5. The Morgan fingerprint density at radius 3 is 2.40 bits per heavy atom. The SMILES string of the molecule is COc1ccc(C(=O)N(CCN2CCOCC2)C2CC(C(=O)N3CCNCC3)N(C(C)=O)C2)cc1. The van der Waals surface area contributed by atoms with Crippen LogP contribution in [0.4, 0.5) is 0 Å². The molecular weight excluding hydrogens is 450 g/mol. The van der Waals surface area contributed by atoms with Crippen molar-refractivity contribution in [1.82, 2.24) is 24.9 Å². The summed E-state index contributed by atoms with van der Waals surface area (Å²) >= 11 is 0. The number of amides is 3. The van der Waals surface area contributed by atoms with Gasteiger partial charge >= 0.3 is 0 Å². The molecule has 0 bridgehead atoms. The first-order valence-corrected chi connectivity index (χ1v) is 12.5. The van der Waals surface area contributed by atoms with Crippen LogP contribution in [0.3, 0.4) is 0 Å². The first-order chi connectivity index (χ1) is 17.0. The number of methoxy groups -OCH3 is 1. The molecule has 0 aliphatic carbocycles. The van der Waals surface area contributed by atoms with Gasteiger partial charge in [0.05, 0.1) is 26.4 Å². The van der Waals surface area contributed by atoms with Crippen molar-refractivity contribution in [3.63, 3.8) is 0 Å². The van der Waals surface area contributed by atoms with Crippen molar-refractivity contribution in [3.05, 3.63) is 29.8 Å². The summed E-state index contributed by atoms with van der Waals surface area (Å²) in [4.78, 5) is 47.2. The number of morpholine rings is 1. The summed E-state index contributed by atoms with van der Waals surface area (Å²) < 4.78 is 10.7. The summed E-state index contributed by atoms with van der Waals surface area (Å²) in [6.45, 7) is 8.94. The number of carbonyl (C=O) groups is 3. The van der Waals surface area contributed by atoms with Gasteiger partial charge in [-0.1, -0.05) is 0 Å². The van der Waals surface area contributed by atoms with Gasteiger partial charge in [-0.05, 0) is 30.7 Å². The molecule has 1 aromatic rings. The number of ether oxygens (including phenoxy) is 2. The number of hydrogen-bond acceptors (Lipinski definition) is 7. The lowest BCUT2D eigenvalue weighted by Gasteiger charge is -2.33. The van der Waals surface area contributed by atoms with E-state index < -0.39 is 6.04 Å². The Labute approximate surface area is 207 Å². The highest BCUT2D eigenvalue weighted by molar-refractivity contribution is 5.95. The molecule has 4 rings (SSSR count). The summed E-state index contributed by atoms with van der Waals surface area (Å²) in [5, 5.41) is 3.26. The summed E-state index contributed by atoms with van der Waals surface area (Å²) in [7, 11) is 1.59. The van der Waals surface area contributed by atoms with E-state index in [4.69, 9.17) is 9.47 Å². The van der Waals surface area contributed by atoms with Gasteiger partial charge in [-0.3, -0.25) is 19.3 Å². The number of benzene rings is 1.